The molecule has 1 aromatic carbocycles. The van der Waals surface area contributed by atoms with E-state index in [9.17, 15) is 0 Å². The third-order valence-electron chi connectivity index (χ3n) is 7.25. The summed E-state index contributed by atoms with van der Waals surface area (Å²) in [7, 11) is 3.21. The molecule has 2 aromatic rings. The SMILES string of the molecule is COc1cc(OC)c(Cl)c(C2CCc3c([C@H]4COC[C@H]4N)nn(C4CCCCO4)c3C2)c1Cl. The van der Waals surface area contributed by atoms with Gasteiger partial charge in [-0.15, -0.1) is 0 Å². The molecule has 1 aromatic heterocycles. The van der Waals surface area contributed by atoms with Crippen LogP contribution in [0.3, 0.4) is 0 Å². The number of fused-ring (bicyclic) bond motifs is 1. The van der Waals surface area contributed by atoms with Gasteiger partial charge in [-0.1, -0.05) is 23.2 Å². The number of hydrogen-bond acceptors (Lipinski definition) is 6. The Bertz CT molecular complexity index is 994. The molecule has 33 heavy (non-hydrogen) atoms. The maximum Gasteiger partial charge on any atom is 0.150 e. The highest BCUT2D eigenvalue weighted by Gasteiger charge is 2.38. The maximum absolute atomic E-state index is 6.77. The highest BCUT2D eigenvalue weighted by atomic mass is 35.5. The molecule has 3 heterocycles. The van der Waals surface area contributed by atoms with E-state index in [2.05, 4.69) is 4.68 Å². The van der Waals surface area contributed by atoms with Crippen LogP contribution in [0.5, 0.6) is 11.5 Å². The summed E-state index contributed by atoms with van der Waals surface area (Å²) < 4.78 is 24.9. The second kappa shape index (κ2) is 9.62. The normalized spacial score (nSPS) is 27.4. The Balaban J connectivity index is 1.57. The van der Waals surface area contributed by atoms with Crippen molar-refractivity contribution < 1.29 is 18.9 Å². The van der Waals surface area contributed by atoms with Crippen molar-refractivity contribution >= 4 is 23.2 Å². The van der Waals surface area contributed by atoms with Crippen LogP contribution in [0, 0.1) is 0 Å². The first-order valence-electron chi connectivity index (χ1n) is 11.7. The average Bonchev–Trinajstić information content (AvgIpc) is 3.43. The average molecular weight is 496 g/mol. The van der Waals surface area contributed by atoms with E-state index in [0.717, 1.165) is 56.4 Å². The third-order valence-corrected chi connectivity index (χ3v) is 8.03. The van der Waals surface area contributed by atoms with Gasteiger partial charge in [0.15, 0.2) is 0 Å². The van der Waals surface area contributed by atoms with Crippen LogP contribution in [0.25, 0.3) is 0 Å². The Labute approximate surface area is 204 Å². The van der Waals surface area contributed by atoms with E-state index in [4.69, 9.17) is 53.0 Å². The molecule has 0 saturated carbocycles. The van der Waals surface area contributed by atoms with Gasteiger partial charge in [0.25, 0.3) is 0 Å². The zero-order chi connectivity index (χ0) is 23.1. The van der Waals surface area contributed by atoms with Crippen molar-refractivity contribution in [3.63, 3.8) is 0 Å². The highest BCUT2D eigenvalue weighted by Crippen LogP contribution is 2.48. The molecule has 2 aliphatic heterocycles. The van der Waals surface area contributed by atoms with Crippen LogP contribution in [-0.2, 0) is 22.3 Å². The fraction of sp³-hybridized carbons (Fsp3) is 0.625. The van der Waals surface area contributed by atoms with Crippen LogP contribution in [-0.4, -0.2) is 49.9 Å². The number of benzene rings is 1. The molecule has 180 valence electrons. The number of halogens is 2. The number of hydrogen-bond donors (Lipinski definition) is 1. The van der Waals surface area contributed by atoms with Gasteiger partial charge in [-0.2, -0.15) is 5.10 Å². The lowest BCUT2D eigenvalue weighted by molar-refractivity contribution is -0.0416. The van der Waals surface area contributed by atoms with E-state index >= 15 is 0 Å². The summed E-state index contributed by atoms with van der Waals surface area (Å²) in [4.78, 5) is 0. The topological polar surface area (TPSA) is 80.8 Å². The van der Waals surface area contributed by atoms with Crippen molar-refractivity contribution in [3.8, 4) is 11.5 Å². The predicted octanol–water partition coefficient (Wildman–Crippen LogP) is 4.62. The van der Waals surface area contributed by atoms with Crippen molar-refractivity contribution in [2.75, 3.05) is 34.0 Å². The smallest absolute Gasteiger partial charge is 0.150 e. The largest absolute Gasteiger partial charge is 0.495 e. The molecule has 2 unspecified atom stereocenters. The van der Waals surface area contributed by atoms with Crippen LogP contribution < -0.4 is 15.2 Å². The van der Waals surface area contributed by atoms with E-state index < -0.39 is 0 Å². The second-order valence-electron chi connectivity index (χ2n) is 9.15. The van der Waals surface area contributed by atoms with Crippen LogP contribution in [0.2, 0.25) is 10.0 Å². The molecule has 5 rings (SSSR count). The molecule has 4 atom stereocenters. The van der Waals surface area contributed by atoms with Crippen molar-refractivity contribution in [3.05, 3.63) is 38.6 Å². The van der Waals surface area contributed by atoms with E-state index in [1.807, 2.05) is 0 Å². The van der Waals surface area contributed by atoms with Gasteiger partial charge in [-0.05, 0) is 50.0 Å². The highest BCUT2D eigenvalue weighted by molar-refractivity contribution is 6.38. The quantitative estimate of drug-likeness (QED) is 0.651. The molecule has 0 spiro atoms. The first-order valence-corrected chi connectivity index (χ1v) is 12.4. The molecule has 1 aliphatic carbocycles. The molecule has 9 heteroatoms. The van der Waals surface area contributed by atoms with Crippen LogP contribution in [0.1, 0.15) is 66.3 Å². The minimum Gasteiger partial charge on any atom is -0.495 e. The Kier molecular flexibility index (Phi) is 6.78. The third kappa shape index (κ3) is 4.12. The first kappa shape index (κ1) is 23.2. The minimum atomic E-state index is -0.0515. The van der Waals surface area contributed by atoms with E-state index in [-0.39, 0.29) is 24.1 Å². The zero-order valence-corrected chi connectivity index (χ0v) is 20.6. The molecule has 0 radical (unpaired) electrons. The molecular weight excluding hydrogens is 465 g/mol. The Morgan fingerprint density at radius 1 is 1.09 bits per heavy atom. The molecule has 0 bridgehead atoms. The van der Waals surface area contributed by atoms with E-state index in [0.29, 0.717) is 34.8 Å². The zero-order valence-electron chi connectivity index (χ0n) is 19.1. The van der Waals surface area contributed by atoms with Gasteiger partial charge < -0.3 is 24.7 Å². The molecule has 0 amide bonds. The molecule has 3 aliphatic rings. The Morgan fingerprint density at radius 3 is 2.45 bits per heavy atom. The van der Waals surface area contributed by atoms with Crippen LogP contribution in [0.4, 0.5) is 0 Å². The van der Waals surface area contributed by atoms with Crippen molar-refractivity contribution in [1.82, 2.24) is 9.78 Å². The molecule has 7 nitrogen and oxygen atoms in total. The number of rotatable bonds is 5. The van der Waals surface area contributed by atoms with Gasteiger partial charge >= 0.3 is 0 Å². The standard InChI is InChI=1S/C24H31Cl2N3O4/c1-30-18-10-19(31-2)23(26)21(22(18)25)13-6-7-14-17(9-13)29(20-5-3-4-8-33-20)28-24(14)15-11-32-12-16(15)27/h10,13,15-16,20H,3-9,11-12,27H2,1-2H3/t13?,15-,16+,20?/m0/s1. The van der Waals surface area contributed by atoms with Crippen molar-refractivity contribution in [2.24, 2.45) is 5.73 Å². The summed E-state index contributed by atoms with van der Waals surface area (Å²) in [6, 6.07) is 1.70. The van der Waals surface area contributed by atoms with Gasteiger partial charge in [0.1, 0.15) is 17.7 Å². The fourth-order valence-corrected chi connectivity index (χ4v) is 6.29. The molecule has 2 N–H and O–H groups in total. The summed E-state index contributed by atoms with van der Waals surface area (Å²) in [6.07, 6.45) is 5.67. The van der Waals surface area contributed by atoms with E-state index in [1.165, 1.54) is 11.3 Å². The second-order valence-corrected chi connectivity index (χ2v) is 9.90. The van der Waals surface area contributed by atoms with Gasteiger partial charge in [-0.25, -0.2) is 4.68 Å². The van der Waals surface area contributed by atoms with Crippen LogP contribution >= 0.6 is 23.2 Å². The lowest BCUT2D eigenvalue weighted by atomic mass is 9.80. The Morgan fingerprint density at radius 2 is 1.85 bits per heavy atom. The maximum atomic E-state index is 6.77. The van der Waals surface area contributed by atoms with Crippen molar-refractivity contribution in [2.45, 2.75) is 62.6 Å². The number of methoxy groups -OCH3 is 2. The fourth-order valence-electron chi connectivity index (χ4n) is 5.48. The van der Waals surface area contributed by atoms with E-state index in [1.54, 1.807) is 20.3 Å². The summed E-state index contributed by atoms with van der Waals surface area (Å²) in [6.45, 7) is 1.95. The van der Waals surface area contributed by atoms with Crippen molar-refractivity contribution in [1.29, 1.82) is 0 Å². The lowest BCUT2D eigenvalue weighted by Crippen LogP contribution is -2.28. The summed E-state index contributed by atoms with van der Waals surface area (Å²) in [5.41, 5.74) is 10.8. The number of ether oxygens (including phenoxy) is 4. The van der Waals surface area contributed by atoms with Gasteiger partial charge in [0, 0.05) is 35.9 Å². The summed E-state index contributed by atoms with van der Waals surface area (Å²) >= 11 is 13.5. The molecule has 2 fully saturated rings. The minimum absolute atomic E-state index is 0.0333. The Hall–Kier alpha value is -1.51. The lowest BCUT2D eigenvalue weighted by Gasteiger charge is -2.30. The molecular formula is C24H31Cl2N3O4. The molecule has 2 saturated heterocycles. The first-order chi connectivity index (χ1) is 16.0. The summed E-state index contributed by atoms with van der Waals surface area (Å²) in [5, 5.41) is 6.19. The van der Waals surface area contributed by atoms with Gasteiger partial charge in [0.2, 0.25) is 0 Å². The number of nitrogens with zero attached hydrogens (tertiary/aromatic N) is 2. The van der Waals surface area contributed by atoms with Gasteiger partial charge in [-0.3, -0.25) is 0 Å². The number of nitrogens with two attached hydrogens (primary N) is 1. The number of aromatic nitrogens is 2. The summed E-state index contributed by atoms with van der Waals surface area (Å²) in [5.74, 6) is 1.36. The van der Waals surface area contributed by atoms with Crippen LogP contribution in [0.15, 0.2) is 6.07 Å². The van der Waals surface area contributed by atoms with Gasteiger partial charge in [0.05, 0.1) is 43.2 Å². The predicted molar refractivity (Wildman–Crippen MR) is 127 cm³/mol. The monoisotopic (exact) mass is 495 g/mol.